The first-order chi connectivity index (χ1) is 7.09. The number of carbonyl (C=O) groups is 1. The van der Waals surface area contributed by atoms with Gasteiger partial charge in [0.15, 0.2) is 0 Å². The van der Waals surface area contributed by atoms with Crippen LogP contribution < -0.4 is 5.73 Å². The quantitative estimate of drug-likeness (QED) is 0.716. The predicted molar refractivity (Wildman–Crippen MR) is 55.9 cm³/mol. The van der Waals surface area contributed by atoms with Crippen molar-refractivity contribution >= 4 is 5.97 Å². The molecule has 1 aromatic rings. The second-order valence-electron chi connectivity index (χ2n) is 4.02. The molecule has 0 spiro atoms. The van der Waals surface area contributed by atoms with Crippen LogP contribution in [-0.4, -0.2) is 22.1 Å². The van der Waals surface area contributed by atoms with Crippen LogP contribution in [0, 0.1) is 6.92 Å². The number of carboxylic acid groups (broad SMARTS) is 1. The summed E-state index contributed by atoms with van der Waals surface area (Å²) in [5, 5.41) is 9.03. The number of hydrogen-bond donors (Lipinski definition) is 2. The van der Waals surface area contributed by atoms with Crippen molar-refractivity contribution in [3.63, 3.8) is 0 Å². The summed E-state index contributed by atoms with van der Waals surface area (Å²) in [6.45, 7) is 1.91. The van der Waals surface area contributed by atoms with E-state index in [-0.39, 0.29) is 6.04 Å². The van der Waals surface area contributed by atoms with Crippen molar-refractivity contribution in [3.8, 4) is 0 Å². The molecular weight excluding hydrogens is 192 g/mol. The number of pyridine rings is 1. The molecule has 1 heterocycles. The van der Waals surface area contributed by atoms with Gasteiger partial charge in [0.2, 0.25) is 0 Å². The molecule has 0 aromatic carbocycles. The van der Waals surface area contributed by atoms with Crippen LogP contribution in [0.2, 0.25) is 0 Å². The average molecular weight is 206 g/mol. The number of fused-ring (bicyclic) bond motifs is 1. The van der Waals surface area contributed by atoms with Crippen molar-refractivity contribution in [2.24, 2.45) is 5.73 Å². The van der Waals surface area contributed by atoms with Crippen molar-refractivity contribution in [1.82, 2.24) is 4.98 Å². The van der Waals surface area contributed by atoms with Crippen LogP contribution in [0.1, 0.15) is 33.6 Å². The summed E-state index contributed by atoms with van der Waals surface area (Å²) >= 11 is 0. The SMILES string of the molecule is Cc1ncc(C(=O)O)c2c1CC(N)CC2. The fraction of sp³-hybridized carbons (Fsp3) is 0.455. The predicted octanol–water partition coefficient (Wildman–Crippen LogP) is 0.904. The van der Waals surface area contributed by atoms with Gasteiger partial charge in [-0.05, 0) is 37.3 Å². The molecular formula is C11H14N2O2. The third-order valence-electron chi connectivity index (χ3n) is 2.98. The smallest absolute Gasteiger partial charge is 0.337 e. The molecule has 0 aliphatic heterocycles. The summed E-state index contributed by atoms with van der Waals surface area (Å²) < 4.78 is 0. The molecule has 15 heavy (non-hydrogen) atoms. The molecule has 3 N–H and O–H groups in total. The summed E-state index contributed by atoms with van der Waals surface area (Å²) in [5.41, 5.74) is 9.08. The number of carboxylic acids is 1. The minimum absolute atomic E-state index is 0.141. The van der Waals surface area contributed by atoms with Gasteiger partial charge in [-0.15, -0.1) is 0 Å². The van der Waals surface area contributed by atoms with E-state index in [1.54, 1.807) is 0 Å². The zero-order valence-corrected chi connectivity index (χ0v) is 8.66. The Balaban J connectivity index is 2.55. The number of rotatable bonds is 1. The number of nitrogens with zero attached hydrogens (tertiary/aromatic N) is 1. The molecule has 1 aliphatic carbocycles. The molecule has 1 atom stereocenters. The molecule has 1 aromatic heterocycles. The highest BCUT2D eigenvalue weighted by Crippen LogP contribution is 2.25. The highest BCUT2D eigenvalue weighted by molar-refractivity contribution is 5.89. The lowest BCUT2D eigenvalue weighted by atomic mass is 9.86. The van der Waals surface area contributed by atoms with Gasteiger partial charge >= 0.3 is 5.97 Å². The summed E-state index contributed by atoms with van der Waals surface area (Å²) in [5.74, 6) is -0.894. The molecule has 80 valence electrons. The number of aryl methyl sites for hydroxylation is 1. The van der Waals surface area contributed by atoms with E-state index in [1.807, 2.05) is 6.92 Å². The molecule has 0 fully saturated rings. The van der Waals surface area contributed by atoms with E-state index in [0.29, 0.717) is 5.56 Å². The molecule has 1 aliphatic rings. The lowest BCUT2D eigenvalue weighted by Crippen LogP contribution is -2.29. The zero-order chi connectivity index (χ0) is 11.0. The van der Waals surface area contributed by atoms with Crippen LogP contribution in [0.5, 0.6) is 0 Å². The standard InChI is InChI=1S/C11H14N2O2/c1-6-9-4-7(12)2-3-8(9)10(5-13-6)11(14)15/h5,7H,2-4,12H2,1H3,(H,14,15). The Hall–Kier alpha value is -1.42. The Kier molecular flexibility index (Phi) is 2.44. The van der Waals surface area contributed by atoms with Crippen molar-refractivity contribution in [2.45, 2.75) is 32.2 Å². The van der Waals surface area contributed by atoms with Crippen molar-refractivity contribution in [2.75, 3.05) is 0 Å². The van der Waals surface area contributed by atoms with Crippen LogP contribution >= 0.6 is 0 Å². The first kappa shape index (κ1) is 10.1. The molecule has 1 unspecified atom stereocenters. The summed E-state index contributed by atoms with van der Waals surface area (Å²) in [4.78, 5) is 15.1. The number of aromatic nitrogens is 1. The summed E-state index contributed by atoms with van der Waals surface area (Å²) in [6.07, 6.45) is 3.81. The van der Waals surface area contributed by atoms with Gasteiger partial charge in [0, 0.05) is 17.9 Å². The number of nitrogens with two attached hydrogens (primary N) is 1. The van der Waals surface area contributed by atoms with Crippen molar-refractivity contribution in [1.29, 1.82) is 0 Å². The average Bonchev–Trinajstić information content (AvgIpc) is 2.19. The Morgan fingerprint density at radius 3 is 3.00 bits per heavy atom. The van der Waals surface area contributed by atoms with Gasteiger partial charge < -0.3 is 10.8 Å². The number of aromatic carboxylic acids is 1. The van der Waals surface area contributed by atoms with E-state index < -0.39 is 5.97 Å². The van der Waals surface area contributed by atoms with E-state index in [2.05, 4.69) is 4.98 Å². The maximum absolute atomic E-state index is 11.0. The minimum Gasteiger partial charge on any atom is -0.478 e. The molecule has 4 heteroatoms. The second-order valence-corrected chi connectivity index (χ2v) is 4.02. The van der Waals surface area contributed by atoms with E-state index in [4.69, 9.17) is 10.8 Å². The van der Waals surface area contributed by atoms with Gasteiger partial charge in [0.1, 0.15) is 0 Å². The normalized spacial score (nSPS) is 19.7. The fourth-order valence-corrected chi connectivity index (χ4v) is 2.13. The molecule has 0 radical (unpaired) electrons. The van der Waals surface area contributed by atoms with E-state index >= 15 is 0 Å². The van der Waals surface area contributed by atoms with Crippen LogP contribution in [0.15, 0.2) is 6.20 Å². The van der Waals surface area contributed by atoms with Gasteiger partial charge in [-0.25, -0.2) is 4.79 Å². The maximum atomic E-state index is 11.0. The van der Waals surface area contributed by atoms with Crippen molar-refractivity contribution in [3.05, 3.63) is 28.6 Å². The second kappa shape index (κ2) is 3.62. The maximum Gasteiger partial charge on any atom is 0.337 e. The lowest BCUT2D eigenvalue weighted by Gasteiger charge is -2.23. The third-order valence-corrected chi connectivity index (χ3v) is 2.98. The van der Waals surface area contributed by atoms with Crippen LogP contribution in [0.3, 0.4) is 0 Å². The Morgan fingerprint density at radius 1 is 1.60 bits per heavy atom. The van der Waals surface area contributed by atoms with E-state index in [1.165, 1.54) is 6.20 Å². The molecule has 0 saturated heterocycles. The topological polar surface area (TPSA) is 76.2 Å². The van der Waals surface area contributed by atoms with Crippen molar-refractivity contribution < 1.29 is 9.90 Å². The van der Waals surface area contributed by atoms with Crippen LogP contribution in [-0.2, 0) is 12.8 Å². The summed E-state index contributed by atoms with van der Waals surface area (Å²) in [6, 6.07) is 0.141. The molecule has 0 bridgehead atoms. The Labute approximate surface area is 88.1 Å². The highest BCUT2D eigenvalue weighted by Gasteiger charge is 2.23. The van der Waals surface area contributed by atoms with E-state index in [9.17, 15) is 4.79 Å². The van der Waals surface area contributed by atoms with E-state index in [0.717, 1.165) is 36.1 Å². The fourth-order valence-electron chi connectivity index (χ4n) is 2.13. The highest BCUT2D eigenvalue weighted by atomic mass is 16.4. The van der Waals surface area contributed by atoms with Gasteiger partial charge in [0.05, 0.1) is 5.56 Å². The van der Waals surface area contributed by atoms with Gasteiger partial charge in [0.25, 0.3) is 0 Å². The molecule has 0 saturated carbocycles. The monoisotopic (exact) mass is 206 g/mol. The summed E-state index contributed by atoms with van der Waals surface area (Å²) in [7, 11) is 0. The van der Waals surface area contributed by atoms with Gasteiger partial charge in [-0.3, -0.25) is 4.98 Å². The number of hydrogen-bond acceptors (Lipinski definition) is 3. The first-order valence-corrected chi connectivity index (χ1v) is 5.06. The Bertz CT molecular complexity index is 415. The van der Waals surface area contributed by atoms with Crippen LogP contribution in [0.25, 0.3) is 0 Å². The zero-order valence-electron chi connectivity index (χ0n) is 8.66. The largest absolute Gasteiger partial charge is 0.478 e. The minimum atomic E-state index is -0.894. The Morgan fingerprint density at radius 2 is 2.33 bits per heavy atom. The molecule has 4 nitrogen and oxygen atoms in total. The van der Waals surface area contributed by atoms with Gasteiger partial charge in [-0.2, -0.15) is 0 Å². The first-order valence-electron chi connectivity index (χ1n) is 5.06. The lowest BCUT2D eigenvalue weighted by molar-refractivity contribution is 0.0694. The molecule has 0 amide bonds. The van der Waals surface area contributed by atoms with Crippen LogP contribution in [0.4, 0.5) is 0 Å². The molecule has 2 rings (SSSR count). The third kappa shape index (κ3) is 1.72. The van der Waals surface area contributed by atoms with Gasteiger partial charge in [-0.1, -0.05) is 0 Å².